The molecule has 6 nitrogen and oxygen atoms in total. The van der Waals surface area contributed by atoms with Crippen molar-refractivity contribution in [2.24, 2.45) is 5.73 Å². The molecule has 15 heavy (non-hydrogen) atoms. The topological polar surface area (TPSA) is 86.9 Å². The third-order valence-electron chi connectivity index (χ3n) is 2.79. The molecule has 0 aliphatic carbocycles. The predicted octanol–water partition coefficient (Wildman–Crippen LogP) is -1.44. The number of amides is 1. The highest BCUT2D eigenvalue weighted by atomic mass is 16.4. The Kier molecular flexibility index (Phi) is 3.65. The quantitative estimate of drug-likeness (QED) is 0.563. The molecule has 2 atom stereocenters. The van der Waals surface area contributed by atoms with E-state index in [2.05, 4.69) is 4.90 Å². The second-order valence-corrected chi connectivity index (χ2v) is 3.97. The number of likely N-dealkylation sites (N-methyl/N-ethyl adjacent to an activating group) is 2. The molecule has 1 rings (SSSR count). The predicted molar refractivity (Wildman–Crippen MR) is 54.3 cm³/mol. The van der Waals surface area contributed by atoms with Crippen LogP contribution in [0.4, 0.5) is 0 Å². The van der Waals surface area contributed by atoms with Crippen molar-refractivity contribution in [3.05, 3.63) is 0 Å². The molecule has 1 heterocycles. The van der Waals surface area contributed by atoms with Gasteiger partial charge in [-0.15, -0.1) is 0 Å². The van der Waals surface area contributed by atoms with E-state index in [0.717, 1.165) is 19.5 Å². The number of carbonyl (C=O) groups excluding carboxylic acids is 1. The summed E-state index contributed by atoms with van der Waals surface area (Å²) in [6, 6.07) is -1.37. The minimum Gasteiger partial charge on any atom is -0.480 e. The molecule has 6 heteroatoms. The van der Waals surface area contributed by atoms with Crippen LogP contribution >= 0.6 is 0 Å². The van der Waals surface area contributed by atoms with Crippen LogP contribution in [0.2, 0.25) is 0 Å². The molecule has 1 saturated heterocycles. The summed E-state index contributed by atoms with van der Waals surface area (Å²) in [5.41, 5.74) is 5.26. The van der Waals surface area contributed by atoms with E-state index in [1.54, 1.807) is 7.05 Å². The van der Waals surface area contributed by atoms with Crippen LogP contribution in [0.1, 0.15) is 6.42 Å². The zero-order valence-corrected chi connectivity index (χ0v) is 9.01. The van der Waals surface area contributed by atoms with Gasteiger partial charge in [-0.25, -0.2) is 4.79 Å². The molecule has 0 bridgehead atoms. The van der Waals surface area contributed by atoms with Crippen LogP contribution in [0.5, 0.6) is 0 Å². The molecule has 0 aromatic rings. The summed E-state index contributed by atoms with van der Waals surface area (Å²) >= 11 is 0. The maximum Gasteiger partial charge on any atom is 0.330 e. The number of aliphatic carboxylic acids is 1. The Morgan fingerprint density at radius 1 is 1.60 bits per heavy atom. The Balaban J connectivity index is 2.56. The summed E-state index contributed by atoms with van der Waals surface area (Å²) < 4.78 is 0. The number of carboxylic acids is 1. The van der Waals surface area contributed by atoms with Crippen molar-refractivity contribution in [3.63, 3.8) is 0 Å². The smallest absolute Gasteiger partial charge is 0.330 e. The average Bonchev–Trinajstić information content (AvgIpc) is 2.61. The highest BCUT2D eigenvalue weighted by Gasteiger charge is 2.31. The molecule has 0 spiro atoms. The first-order valence-corrected chi connectivity index (χ1v) is 4.87. The minimum atomic E-state index is -1.44. The fourth-order valence-corrected chi connectivity index (χ4v) is 1.73. The maximum atomic E-state index is 11.6. The van der Waals surface area contributed by atoms with Crippen LogP contribution in [-0.2, 0) is 9.59 Å². The van der Waals surface area contributed by atoms with Gasteiger partial charge >= 0.3 is 5.97 Å². The lowest BCUT2D eigenvalue weighted by Crippen LogP contribution is -2.50. The lowest BCUT2D eigenvalue weighted by atomic mass is 10.2. The zero-order valence-electron chi connectivity index (χ0n) is 9.01. The summed E-state index contributed by atoms with van der Waals surface area (Å²) in [5, 5.41) is 8.61. The van der Waals surface area contributed by atoms with Gasteiger partial charge in [-0.1, -0.05) is 0 Å². The third kappa shape index (κ3) is 2.66. The van der Waals surface area contributed by atoms with Gasteiger partial charge in [0.2, 0.25) is 0 Å². The highest BCUT2D eigenvalue weighted by molar-refractivity contribution is 6.00. The number of rotatable bonds is 3. The summed E-state index contributed by atoms with van der Waals surface area (Å²) in [5.74, 6) is -1.80. The van der Waals surface area contributed by atoms with Gasteiger partial charge in [-0.3, -0.25) is 4.79 Å². The summed E-state index contributed by atoms with van der Waals surface area (Å²) in [6.45, 7) is 1.69. The fourth-order valence-electron chi connectivity index (χ4n) is 1.73. The normalized spacial score (nSPS) is 23.8. The van der Waals surface area contributed by atoms with Crippen molar-refractivity contribution < 1.29 is 14.7 Å². The third-order valence-corrected chi connectivity index (χ3v) is 2.79. The second-order valence-electron chi connectivity index (χ2n) is 3.97. The van der Waals surface area contributed by atoms with Crippen LogP contribution in [0.3, 0.4) is 0 Å². The Hall–Kier alpha value is -1.14. The van der Waals surface area contributed by atoms with Gasteiger partial charge in [-0.2, -0.15) is 0 Å². The Morgan fingerprint density at radius 2 is 2.20 bits per heavy atom. The number of likely N-dealkylation sites (tertiary alicyclic amines) is 1. The molecule has 1 aliphatic rings. The average molecular weight is 215 g/mol. The SMILES string of the molecule is CN1CCC(N(C)C(=O)C(N)C(=O)O)C1. The summed E-state index contributed by atoms with van der Waals surface area (Å²) in [4.78, 5) is 25.7. The molecule has 3 N–H and O–H groups in total. The lowest BCUT2D eigenvalue weighted by molar-refractivity contribution is -0.146. The van der Waals surface area contributed by atoms with E-state index < -0.39 is 17.9 Å². The molecule has 0 aromatic heterocycles. The van der Waals surface area contributed by atoms with E-state index in [9.17, 15) is 9.59 Å². The first-order chi connectivity index (χ1) is 6.93. The molecule has 1 amide bonds. The van der Waals surface area contributed by atoms with Crippen LogP contribution < -0.4 is 5.73 Å². The van der Waals surface area contributed by atoms with Crippen molar-refractivity contribution in [3.8, 4) is 0 Å². The molecule has 86 valence electrons. The summed E-state index contributed by atoms with van der Waals surface area (Å²) in [6.07, 6.45) is 0.866. The van der Waals surface area contributed by atoms with Gasteiger partial charge in [0.25, 0.3) is 5.91 Å². The Labute approximate surface area is 88.6 Å². The molecule has 2 unspecified atom stereocenters. The molecule has 1 aliphatic heterocycles. The number of carbonyl (C=O) groups is 2. The van der Waals surface area contributed by atoms with E-state index in [1.165, 1.54) is 4.90 Å². The Bertz CT molecular complexity index is 269. The number of nitrogens with zero attached hydrogens (tertiary/aromatic N) is 2. The van der Waals surface area contributed by atoms with Gasteiger partial charge in [0, 0.05) is 19.6 Å². The standard InChI is InChI=1S/C9H17N3O3/c1-11-4-3-6(5-11)12(2)8(13)7(10)9(14)15/h6-7H,3-5,10H2,1-2H3,(H,14,15). The fraction of sp³-hybridized carbons (Fsp3) is 0.778. The number of carboxylic acid groups (broad SMARTS) is 1. The highest BCUT2D eigenvalue weighted by Crippen LogP contribution is 2.13. The number of nitrogens with two attached hydrogens (primary N) is 1. The Morgan fingerprint density at radius 3 is 2.60 bits per heavy atom. The van der Waals surface area contributed by atoms with E-state index in [-0.39, 0.29) is 6.04 Å². The molecular weight excluding hydrogens is 198 g/mol. The summed E-state index contributed by atoms with van der Waals surface area (Å²) in [7, 11) is 3.57. The molecular formula is C9H17N3O3. The van der Waals surface area contributed by atoms with Crippen LogP contribution in [-0.4, -0.2) is 66.1 Å². The minimum absolute atomic E-state index is 0.0768. The lowest BCUT2D eigenvalue weighted by Gasteiger charge is -2.25. The number of hydrogen-bond acceptors (Lipinski definition) is 4. The van der Waals surface area contributed by atoms with Crippen molar-refractivity contribution in [2.75, 3.05) is 27.2 Å². The van der Waals surface area contributed by atoms with Crippen LogP contribution in [0.25, 0.3) is 0 Å². The van der Waals surface area contributed by atoms with Crippen molar-refractivity contribution >= 4 is 11.9 Å². The van der Waals surface area contributed by atoms with Gasteiger partial charge in [-0.05, 0) is 20.0 Å². The van der Waals surface area contributed by atoms with Gasteiger partial charge in [0.1, 0.15) is 0 Å². The zero-order chi connectivity index (χ0) is 11.6. The van der Waals surface area contributed by atoms with E-state index in [1.807, 2.05) is 7.05 Å². The second kappa shape index (κ2) is 4.59. The van der Waals surface area contributed by atoms with Gasteiger partial charge in [0.15, 0.2) is 6.04 Å². The first kappa shape index (κ1) is 11.9. The number of hydrogen-bond donors (Lipinski definition) is 2. The van der Waals surface area contributed by atoms with Crippen molar-refractivity contribution in [1.29, 1.82) is 0 Å². The monoisotopic (exact) mass is 215 g/mol. The molecule has 0 radical (unpaired) electrons. The van der Waals surface area contributed by atoms with Crippen molar-refractivity contribution in [1.82, 2.24) is 9.80 Å². The van der Waals surface area contributed by atoms with Gasteiger partial charge in [0.05, 0.1) is 0 Å². The van der Waals surface area contributed by atoms with E-state index in [4.69, 9.17) is 10.8 Å². The maximum absolute atomic E-state index is 11.6. The molecule has 1 fully saturated rings. The first-order valence-electron chi connectivity index (χ1n) is 4.87. The molecule has 0 aromatic carbocycles. The van der Waals surface area contributed by atoms with E-state index in [0.29, 0.717) is 0 Å². The van der Waals surface area contributed by atoms with Crippen LogP contribution in [0, 0.1) is 0 Å². The van der Waals surface area contributed by atoms with Crippen molar-refractivity contribution in [2.45, 2.75) is 18.5 Å². The van der Waals surface area contributed by atoms with Crippen LogP contribution in [0.15, 0.2) is 0 Å². The van der Waals surface area contributed by atoms with E-state index >= 15 is 0 Å². The van der Waals surface area contributed by atoms with Gasteiger partial charge < -0.3 is 20.6 Å². The largest absolute Gasteiger partial charge is 0.480 e. The molecule has 0 saturated carbocycles.